The Hall–Kier alpha value is -1.78. The molecule has 2 rings (SSSR count). The second kappa shape index (κ2) is 6.59. The first-order chi connectivity index (χ1) is 9.63. The molecule has 2 nitrogen and oxygen atoms in total. The summed E-state index contributed by atoms with van der Waals surface area (Å²) in [4.78, 5) is 0. The molecule has 2 aromatic carbocycles. The summed E-state index contributed by atoms with van der Waals surface area (Å²) in [5.41, 5.74) is 0.636. The highest BCUT2D eigenvalue weighted by Gasteiger charge is 2.23. The quantitative estimate of drug-likeness (QED) is 0.909. The van der Waals surface area contributed by atoms with Gasteiger partial charge in [0.1, 0.15) is 17.7 Å². The highest BCUT2D eigenvalue weighted by molar-refractivity contribution is 5.23. The van der Waals surface area contributed by atoms with Crippen LogP contribution in [0.2, 0.25) is 0 Å². The highest BCUT2D eigenvalue weighted by atomic mass is 19.1. The number of aliphatic hydroxyl groups excluding tert-OH is 1. The zero-order valence-corrected chi connectivity index (χ0v) is 11.1. The van der Waals surface area contributed by atoms with Gasteiger partial charge in [-0.15, -0.1) is 0 Å². The molecule has 2 atom stereocenters. The predicted molar refractivity (Wildman–Crippen MR) is 72.3 cm³/mol. The van der Waals surface area contributed by atoms with Crippen LogP contribution in [-0.2, 0) is 11.2 Å². The van der Waals surface area contributed by atoms with E-state index in [1.54, 1.807) is 12.1 Å². The Bertz CT molecular complexity index is 537. The molecule has 0 aliphatic heterocycles. The van der Waals surface area contributed by atoms with Crippen molar-refractivity contribution in [2.45, 2.75) is 18.6 Å². The molecule has 0 aliphatic carbocycles. The predicted octanol–water partition coefficient (Wildman–Crippen LogP) is 3.26. The fraction of sp³-hybridized carbons (Fsp3) is 0.250. The van der Waals surface area contributed by atoms with Crippen molar-refractivity contribution in [2.75, 3.05) is 7.11 Å². The number of hydrogen-bond acceptors (Lipinski definition) is 2. The van der Waals surface area contributed by atoms with E-state index < -0.39 is 23.8 Å². The fourth-order valence-electron chi connectivity index (χ4n) is 2.20. The molecule has 1 N–H and O–H groups in total. The van der Waals surface area contributed by atoms with Crippen LogP contribution in [0.3, 0.4) is 0 Å². The molecule has 0 aliphatic rings. The van der Waals surface area contributed by atoms with Crippen LogP contribution in [0.1, 0.15) is 17.2 Å². The number of methoxy groups -OCH3 is 1. The number of rotatable bonds is 5. The molecule has 106 valence electrons. The van der Waals surface area contributed by atoms with Gasteiger partial charge in [-0.05, 0) is 17.7 Å². The van der Waals surface area contributed by atoms with E-state index in [1.807, 2.05) is 18.2 Å². The molecule has 0 radical (unpaired) electrons. The Kier molecular flexibility index (Phi) is 4.82. The molecular formula is C16H16F2O2. The SMILES string of the molecule is COC(c1ccccc1)C(O)Cc1c(F)cccc1F. The van der Waals surface area contributed by atoms with Gasteiger partial charge < -0.3 is 9.84 Å². The number of halogens is 2. The average molecular weight is 278 g/mol. The van der Waals surface area contributed by atoms with E-state index in [-0.39, 0.29) is 12.0 Å². The van der Waals surface area contributed by atoms with E-state index in [4.69, 9.17) is 4.74 Å². The van der Waals surface area contributed by atoms with Crippen LogP contribution in [0.15, 0.2) is 48.5 Å². The third kappa shape index (κ3) is 3.21. The molecule has 0 aromatic heterocycles. The highest BCUT2D eigenvalue weighted by Crippen LogP contribution is 2.24. The maximum Gasteiger partial charge on any atom is 0.129 e. The van der Waals surface area contributed by atoms with Crippen LogP contribution in [-0.4, -0.2) is 18.3 Å². The average Bonchev–Trinajstić information content (AvgIpc) is 2.45. The molecular weight excluding hydrogens is 262 g/mol. The zero-order valence-electron chi connectivity index (χ0n) is 11.1. The summed E-state index contributed by atoms with van der Waals surface area (Å²) in [5.74, 6) is -1.32. The van der Waals surface area contributed by atoms with Crippen molar-refractivity contribution in [3.63, 3.8) is 0 Å². The topological polar surface area (TPSA) is 29.5 Å². The van der Waals surface area contributed by atoms with Gasteiger partial charge in [0.05, 0.1) is 6.10 Å². The normalized spacial score (nSPS) is 14.0. The number of ether oxygens (including phenoxy) is 1. The zero-order chi connectivity index (χ0) is 14.5. The minimum Gasteiger partial charge on any atom is -0.390 e. The summed E-state index contributed by atoms with van der Waals surface area (Å²) in [6, 6.07) is 12.7. The lowest BCUT2D eigenvalue weighted by Crippen LogP contribution is -2.23. The Morgan fingerprint density at radius 1 is 1.00 bits per heavy atom. The first kappa shape index (κ1) is 14.6. The van der Waals surface area contributed by atoms with Gasteiger partial charge in [-0.1, -0.05) is 36.4 Å². The van der Waals surface area contributed by atoms with Gasteiger partial charge in [0.15, 0.2) is 0 Å². The molecule has 0 amide bonds. The van der Waals surface area contributed by atoms with Crippen LogP contribution in [0.25, 0.3) is 0 Å². The molecule has 0 fully saturated rings. The van der Waals surface area contributed by atoms with Crippen molar-refractivity contribution in [1.82, 2.24) is 0 Å². The van der Waals surface area contributed by atoms with Gasteiger partial charge in [0.2, 0.25) is 0 Å². The van der Waals surface area contributed by atoms with Crippen LogP contribution in [0.4, 0.5) is 8.78 Å². The third-order valence-electron chi connectivity index (χ3n) is 3.21. The summed E-state index contributed by atoms with van der Waals surface area (Å²) in [5, 5.41) is 10.2. The van der Waals surface area contributed by atoms with Crippen molar-refractivity contribution in [3.05, 3.63) is 71.3 Å². The van der Waals surface area contributed by atoms with Gasteiger partial charge in [0, 0.05) is 19.1 Å². The van der Waals surface area contributed by atoms with Crippen LogP contribution in [0, 0.1) is 11.6 Å². The maximum atomic E-state index is 13.6. The van der Waals surface area contributed by atoms with Gasteiger partial charge in [-0.3, -0.25) is 0 Å². The van der Waals surface area contributed by atoms with Gasteiger partial charge in [-0.2, -0.15) is 0 Å². The second-order valence-electron chi connectivity index (χ2n) is 4.54. The van der Waals surface area contributed by atoms with E-state index >= 15 is 0 Å². The smallest absolute Gasteiger partial charge is 0.129 e. The molecule has 0 saturated carbocycles. The van der Waals surface area contributed by atoms with Gasteiger partial charge in [0.25, 0.3) is 0 Å². The third-order valence-corrected chi connectivity index (χ3v) is 3.21. The first-order valence-electron chi connectivity index (χ1n) is 6.32. The molecule has 0 saturated heterocycles. The van der Waals surface area contributed by atoms with E-state index in [0.717, 1.165) is 5.56 Å². The number of benzene rings is 2. The molecule has 4 heteroatoms. The van der Waals surface area contributed by atoms with Gasteiger partial charge in [-0.25, -0.2) is 8.78 Å². The second-order valence-corrected chi connectivity index (χ2v) is 4.54. The molecule has 2 aromatic rings. The Balaban J connectivity index is 2.20. The Morgan fingerprint density at radius 3 is 2.15 bits per heavy atom. The summed E-state index contributed by atoms with van der Waals surface area (Å²) in [6.07, 6.45) is -1.81. The minimum absolute atomic E-state index is 0.127. The molecule has 2 unspecified atom stereocenters. The van der Waals surface area contributed by atoms with E-state index in [1.165, 1.54) is 25.3 Å². The van der Waals surface area contributed by atoms with Crippen LogP contribution < -0.4 is 0 Å². The summed E-state index contributed by atoms with van der Waals surface area (Å²) >= 11 is 0. The van der Waals surface area contributed by atoms with E-state index in [0.29, 0.717) is 0 Å². The Morgan fingerprint density at radius 2 is 1.60 bits per heavy atom. The summed E-state index contributed by atoms with van der Waals surface area (Å²) < 4.78 is 32.4. The summed E-state index contributed by atoms with van der Waals surface area (Å²) in [6.45, 7) is 0. The first-order valence-corrected chi connectivity index (χ1v) is 6.32. The van der Waals surface area contributed by atoms with Crippen LogP contribution in [0.5, 0.6) is 0 Å². The fourth-order valence-corrected chi connectivity index (χ4v) is 2.20. The lowest BCUT2D eigenvalue weighted by molar-refractivity contribution is -0.0135. The standard InChI is InChI=1S/C16H16F2O2/c1-20-16(11-6-3-2-4-7-11)15(19)10-12-13(17)8-5-9-14(12)18/h2-9,15-16,19H,10H2,1H3. The van der Waals surface area contributed by atoms with Crippen molar-refractivity contribution in [2.24, 2.45) is 0 Å². The van der Waals surface area contributed by atoms with Crippen molar-refractivity contribution < 1.29 is 18.6 Å². The molecule has 0 bridgehead atoms. The minimum atomic E-state index is -1.03. The lowest BCUT2D eigenvalue weighted by atomic mass is 9.98. The largest absolute Gasteiger partial charge is 0.390 e. The van der Waals surface area contributed by atoms with E-state index in [9.17, 15) is 13.9 Å². The Labute approximate surface area is 116 Å². The number of aliphatic hydroxyl groups is 1. The van der Waals surface area contributed by atoms with E-state index in [2.05, 4.69) is 0 Å². The lowest BCUT2D eigenvalue weighted by Gasteiger charge is -2.22. The van der Waals surface area contributed by atoms with Crippen molar-refractivity contribution >= 4 is 0 Å². The monoisotopic (exact) mass is 278 g/mol. The molecule has 0 spiro atoms. The summed E-state index contributed by atoms with van der Waals surface area (Å²) in [7, 11) is 1.46. The maximum absolute atomic E-state index is 13.6. The van der Waals surface area contributed by atoms with Gasteiger partial charge >= 0.3 is 0 Å². The molecule has 0 heterocycles. The molecule has 20 heavy (non-hydrogen) atoms. The number of hydrogen-bond donors (Lipinski definition) is 1. The van der Waals surface area contributed by atoms with Crippen LogP contribution >= 0.6 is 0 Å². The van der Waals surface area contributed by atoms with Crippen molar-refractivity contribution in [1.29, 1.82) is 0 Å². The van der Waals surface area contributed by atoms with Crippen molar-refractivity contribution in [3.8, 4) is 0 Å².